The minimum absolute atomic E-state index is 0.0352. The molecule has 0 unspecified atom stereocenters. The van der Waals surface area contributed by atoms with Gasteiger partial charge in [-0.05, 0) is 6.07 Å². The summed E-state index contributed by atoms with van der Waals surface area (Å²) in [6.45, 7) is -0.0352. The zero-order valence-electron chi connectivity index (χ0n) is 10.3. The molecule has 0 atom stereocenters. The van der Waals surface area contributed by atoms with Gasteiger partial charge in [-0.1, -0.05) is 23.2 Å². The third kappa shape index (κ3) is 3.31. The van der Waals surface area contributed by atoms with Gasteiger partial charge in [0, 0.05) is 6.20 Å². The maximum atomic E-state index is 11.9. The van der Waals surface area contributed by atoms with Crippen LogP contribution in [0.4, 0.5) is 5.69 Å². The molecular weight excluding hydrogens is 307 g/mol. The van der Waals surface area contributed by atoms with E-state index in [2.05, 4.69) is 20.1 Å². The normalized spacial score (nSPS) is 10.3. The Bertz CT molecular complexity index is 630. The average molecular weight is 317 g/mol. The zero-order chi connectivity index (χ0) is 14.7. The van der Waals surface area contributed by atoms with E-state index in [0.29, 0.717) is 5.69 Å². The van der Waals surface area contributed by atoms with Crippen LogP contribution in [0.5, 0.6) is 0 Å². The van der Waals surface area contributed by atoms with Gasteiger partial charge in [0.15, 0.2) is 0 Å². The second-order valence-corrected chi connectivity index (χ2v) is 4.59. The van der Waals surface area contributed by atoms with E-state index in [0.717, 1.165) is 0 Å². The second-order valence-electron chi connectivity index (χ2n) is 3.80. The summed E-state index contributed by atoms with van der Waals surface area (Å²) in [5, 5.41) is 6.95. The van der Waals surface area contributed by atoms with Crippen molar-refractivity contribution >= 4 is 40.8 Å². The van der Waals surface area contributed by atoms with E-state index in [4.69, 9.17) is 23.2 Å². The van der Waals surface area contributed by atoms with Crippen LogP contribution in [-0.2, 0) is 16.1 Å². The first-order valence-electron chi connectivity index (χ1n) is 5.44. The van der Waals surface area contributed by atoms with Crippen LogP contribution in [0.3, 0.4) is 0 Å². The first-order valence-corrected chi connectivity index (χ1v) is 6.20. The molecule has 0 saturated heterocycles. The van der Waals surface area contributed by atoms with Crippen molar-refractivity contribution in [3.8, 4) is 0 Å². The summed E-state index contributed by atoms with van der Waals surface area (Å²) >= 11 is 11.5. The molecule has 2 N–H and O–H groups in total. The average Bonchev–Trinajstić information content (AvgIpc) is 2.97. The maximum Gasteiger partial charge on any atom is 0.327 e. The molecule has 2 rings (SSSR count). The number of methoxy groups -OCH3 is 1. The number of hydrogen-bond donors (Lipinski definition) is 2. The largest absolute Gasteiger partial charge is 0.468 e. The predicted octanol–water partition coefficient (Wildman–Crippen LogP) is 1.94. The number of anilines is 1. The van der Waals surface area contributed by atoms with Crippen LogP contribution < -0.4 is 5.32 Å². The minimum atomic E-state index is -0.436. The molecule has 9 heteroatoms. The fourth-order valence-electron chi connectivity index (χ4n) is 1.44. The third-order valence-corrected chi connectivity index (χ3v) is 3.07. The molecule has 0 fully saturated rings. The highest BCUT2D eigenvalue weighted by atomic mass is 35.5. The van der Waals surface area contributed by atoms with Gasteiger partial charge in [-0.25, -0.2) is 0 Å². The van der Waals surface area contributed by atoms with E-state index in [1.807, 2.05) is 0 Å². The summed E-state index contributed by atoms with van der Waals surface area (Å²) in [4.78, 5) is 25.6. The highest BCUT2D eigenvalue weighted by molar-refractivity contribution is 6.41. The standard InChI is InChI=1S/C11H10Cl2N4O3/c1-20-9(18)5-17-4-6(3-14-17)15-11(19)8-2-7(12)10(13)16-8/h2-4,16H,5H2,1H3,(H,15,19). The highest BCUT2D eigenvalue weighted by Crippen LogP contribution is 2.22. The molecule has 0 aliphatic heterocycles. The first kappa shape index (κ1) is 14.4. The molecule has 1 amide bonds. The lowest BCUT2D eigenvalue weighted by Crippen LogP contribution is -2.13. The van der Waals surface area contributed by atoms with Crippen molar-refractivity contribution in [1.29, 1.82) is 0 Å². The van der Waals surface area contributed by atoms with Crippen LogP contribution in [0.2, 0.25) is 10.2 Å². The van der Waals surface area contributed by atoms with Crippen molar-refractivity contribution in [2.24, 2.45) is 0 Å². The number of aromatic amines is 1. The van der Waals surface area contributed by atoms with Gasteiger partial charge >= 0.3 is 5.97 Å². The highest BCUT2D eigenvalue weighted by Gasteiger charge is 2.13. The molecule has 106 valence electrons. The summed E-state index contributed by atoms with van der Waals surface area (Å²) in [6.07, 6.45) is 2.91. The molecule has 0 radical (unpaired) electrons. The Morgan fingerprint density at radius 2 is 2.25 bits per heavy atom. The van der Waals surface area contributed by atoms with Crippen LogP contribution in [0.15, 0.2) is 18.5 Å². The molecule has 20 heavy (non-hydrogen) atoms. The van der Waals surface area contributed by atoms with Crippen LogP contribution in [-0.4, -0.2) is 33.8 Å². The molecule has 0 aliphatic rings. The first-order chi connectivity index (χ1) is 9.49. The predicted molar refractivity (Wildman–Crippen MR) is 73.0 cm³/mol. The van der Waals surface area contributed by atoms with Gasteiger partial charge in [-0.15, -0.1) is 0 Å². The monoisotopic (exact) mass is 316 g/mol. The van der Waals surface area contributed by atoms with Gasteiger partial charge < -0.3 is 15.0 Å². The van der Waals surface area contributed by atoms with Gasteiger partial charge in [0.25, 0.3) is 5.91 Å². The quantitative estimate of drug-likeness (QED) is 0.844. The zero-order valence-corrected chi connectivity index (χ0v) is 11.8. The Kier molecular flexibility index (Phi) is 4.31. The molecule has 0 aliphatic carbocycles. The number of nitrogens with zero attached hydrogens (tertiary/aromatic N) is 2. The number of carbonyl (C=O) groups is 2. The Morgan fingerprint density at radius 1 is 1.50 bits per heavy atom. The SMILES string of the molecule is COC(=O)Cn1cc(NC(=O)c2cc(Cl)c(Cl)[nH]2)cn1. The van der Waals surface area contributed by atoms with E-state index < -0.39 is 11.9 Å². The minimum Gasteiger partial charge on any atom is -0.468 e. The number of hydrogen-bond acceptors (Lipinski definition) is 4. The molecule has 7 nitrogen and oxygen atoms in total. The lowest BCUT2D eigenvalue weighted by molar-refractivity contribution is -0.141. The number of aromatic nitrogens is 3. The maximum absolute atomic E-state index is 11.9. The summed E-state index contributed by atoms with van der Waals surface area (Å²) in [7, 11) is 1.28. The number of carbonyl (C=O) groups excluding carboxylic acids is 2. The van der Waals surface area contributed by atoms with Crippen molar-refractivity contribution in [3.05, 3.63) is 34.3 Å². The lowest BCUT2D eigenvalue weighted by Gasteiger charge is -2.00. The van der Waals surface area contributed by atoms with Gasteiger partial charge in [-0.3, -0.25) is 14.3 Å². The van der Waals surface area contributed by atoms with Crippen molar-refractivity contribution in [2.75, 3.05) is 12.4 Å². The Labute approximate surface area is 123 Å². The Morgan fingerprint density at radius 3 is 2.85 bits per heavy atom. The smallest absolute Gasteiger partial charge is 0.327 e. The molecule has 2 aromatic rings. The summed E-state index contributed by atoms with van der Waals surface area (Å²) in [5.74, 6) is -0.856. The summed E-state index contributed by atoms with van der Waals surface area (Å²) < 4.78 is 5.85. The third-order valence-electron chi connectivity index (χ3n) is 2.38. The number of halogens is 2. The molecule has 0 aromatic carbocycles. The van der Waals surface area contributed by atoms with Gasteiger partial charge in [0.05, 0.1) is 24.0 Å². The van der Waals surface area contributed by atoms with Gasteiger partial charge in [0.1, 0.15) is 17.4 Å². The number of rotatable bonds is 4. The molecule has 2 heterocycles. The molecule has 0 spiro atoms. The number of H-pyrrole nitrogens is 1. The van der Waals surface area contributed by atoms with Crippen molar-refractivity contribution < 1.29 is 14.3 Å². The van der Waals surface area contributed by atoms with Gasteiger partial charge in [-0.2, -0.15) is 5.10 Å². The van der Waals surface area contributed by atoms with Crippen LogP contribution >= 0.6 is 23.2 Å². The van der Waals surface area contributed by atoms with E-state index in [9.17, 15) is 9.59 Å². The van der Waals surface area contributed by atoms with Crippen molar-refractivity contribution in [1.82, 2.24) is 14.8 Å². The topological polar surface area (TPSA) is 89.0 Å². The number of nitrogens with one attached hydrogen (secondary N) is 2. The fraction of sp³-hybridized carbons (Fsp3) is 0.182. The number of ether oxygens (including phenoxy) is 1. The molecular formula is C11H10Cl2N4O3. The van der Waals surface area contributed by atoms with Crippen LogP contribution in [0.25, 0.3) is 0 Å². The summed E-state index contributed by atoms with van der Waals surface area (Å²) in [6, 6.07) is 1.41. The summed E-state index contributed by atoms with van der Waals surface area (Å²) in [5.41, 5.74) is 0.654. The second kappa shape index (κ2) is 5.98. The van der Waals surface area contributed by atoms with E-state index in [1.54, 1.807) is 0 Å². The fourth-order valence-corrected chi connectivity index (χ4v) is 1.75. The Hall–Kier alpha value is -1.99. The number of amides is 1. The van der Waals surface area contributed by atoms with E-state index >= 15 is 0 Å². The number of esters is 1. The van der Waals surface area contributed by atoms with Gasteiger partial charge in [0.2, 0.25) is 0 Å². The van der Waals surface area contributed by atoms with Crippen molar-refractivity contribution in [3.63, 3.8) is 0 Å². The molecule has 0 saturated carbocycles. The lowest BCUT2D eigenvalue weighted by atomic mass is 10.4. The van der Waals surface area contributed by atoms with Crippen LogP contribution in [0.1, 0.15) is 10.5 Å². The molecule has 2 aromatic heterocycles. The molecule has 0 bridgehead atoms. The van der Waals surface area contributed by atoms with Crippen LogP contribution in [0, 0.1) is 0 Å². The van der Waals surface area contributed by atoms with E-state index in [-0.39, 0.29) is 22.4 Å². The van der Waals surface area contributed by atoms with E-state index in [1.165, 1.54) is 30.3 Å². The Balaban J connectivity index is 2.03. The van der Waals surface area contributed by atoms with Crippen molar-refractivity contribution in [2.45, 2.75) is 6.54 Å².